The van der Waals surface area contributed by atoms with E-state index in [1.165, 1.54) is 12.1 Å². The van der Waals surface area contributed by atoms with E-state index in [9.17, 15) is 14.7 Å². The highest BCUT2D eigenvalue weighted by atomic mass is 16.6. The van der Waals surface area contributed by atoms with E-state index in [1.54, 1.807) is 37.3 Å². The molecule has 0 unspecified atom stereocenters. The summed E-state index contributed by atoms with van der Waals surface area (Å²) in [5, 5.41) is 10.0. The standard InChI is InChI=1S/C19H18O5/c1-13(2)19(22)24-11-10-23-15-8-9-16(17(20)12-15)18(21)14-6-4-3-5-7-14/h3-9,12,20H,1,10-11H2,2H3. The van der Waals surface area contributed by atoms with Crippen LogP contribution in [0.15, 0.2) is 60.7 Å². The highest BCUT2D eigenvalue weighted by Gasteiger charge is 2.14. The van der Waals surface area contributed by atoms with Gasteiger partial charge in [0.15, 0.2) is 5.78 Å². The van der Waals surface area contributed by atoms with Crippen LogP contribution < -0.4 is 4.74 Å². The van der Waals surface area contributed by atoms with Crippen molar-refractivity contribution in [1.82, 2.24) is 0 Å². The molecule has 0 spiro atoms. The monoisotopic (exact) mass is 326 g/mol. The number of esters is 1. The predicted octanol–water partition coefficient (Wildman–Crippen LogP) is 3.12. The molecule has 0 bridgehead atoms. The van der Waals surface area contributed by atoms with Crippen LogP contribution in [0, 0.1) is 0 Å². The first-order chi connectivity index (χ1) is 11.5. The Hall–Kier alpha value is -3.08. The number of benzene rings is 2. The molecule has 5 heteroatoms. The summed E-state index contributed by atoms with van der Waals surface area (Å²) in [5.41, 5.74) is 1.01. The number of hydrogen-bond donors (Lipinski definition) is 1. The molecule has 0 amide bonds. The van der Waals surface area contributed by atoms with Crippen LogP contribution in [-0.4, -0.2) is 30.1 Å². The highest BCUT2D eigenvalue weighted by Crippen LogP contribution is 2.25. The summed E-state index contributed by atoms with van der Waals surface area (Å²) in [6, 6.07) is 13.1. The highest BCUT2D eigenvalue weighted by molar-refractivity contribution is 6.10. The molecule has 0 fully saturated rings. The van der Waals surface area contributed by atoms with E-state index in [4.69, 9.17) is 9.47 Å². The maximum absolute atomic E-state index is 12.3. The summed E-state index contributed by atoms with van der Waals surface area (Å²) >= 11 is 0. The number of phenolic OH excluding ortho intramolecular Hbond substituents is 1. The van der Waals surface area contributed by atoms with Gasteiger partial charge in [0.05, 0.1) is 5.56 Å². The molecule has 124 valence electrons. The molecule has 0 saturated carbocycles. The number of ketones is 1. The summed E-state index contributed by atoms with van der Waals surface area (Å²) in [6.07, 6.45) is 0. The van der Waals surface area contributed by atoms with Gasteiger partial charge in [0.2, 0.25) is 0 Å². The largest absolute Gasteiger partial charge is 0.507 e. The second-order valence-corrected chi connectivity index (χ2v) is 5.14. The number of ether oxygens (including phenoxy) is 2. The Balaban J connectivity index is 1.96. The first-order valence-electron chi connectivity index (χ1n) is 7.37. The summed E-state index contributed by atoms with van der Waals surface area (Å²) in [4.78, 5) is 23.5. The Kier molecular flexibility index (Phi) is 5.73. The van der Waals surface area contributed by atoms with E-state index in [2.05, 4.69) is 6.58 Å². The van der Waals surface area contributed by atoms with Crippen LogP contribution in [0.4, 0.5) is 0 Å². The number of hydrogen-bond acceptors (Lipinski definition) is 5. The van der Waals surface area contributed by atoms with Gasteiger partial charge in [-0.15, -0.1) is 0 Å². The molecule has 0 atom stereocenters. The van der Waals surface area contributed by atoms with Crippen molar-refractivity contribution >= 4 is 11.8 Å². The molecule has 0 saturated heterocycles. The zero-order valence-corrected chi connectivity index (χ0v) is 13.3. The van der Waals surface area contributed by atoms with Crippen LogP contribution in [0.5, 0.6) is 11.5 Å². The Morgan fingerprint density at radius 2 is 1.79 bits per heavy atom. The molecular weight excluding hydrogens is 308 g/mol. The van der Waals surface area contributed by atoms with Gasteiger partial charge >= 0.3 is 5.97 Å². The number of aromatic hydroxyl groups is 1. The lowest BCUT2D eigenvalue weighted by molar-refractivity contribution is -0.139. The van der Waals surface area contributed by atoms with Crippen molar-refractivity contribution in [2.45, 2.75) is 6.92 Å². The molecule has 1 N–H and O–H groups in total. The van der Waals surface area contributed by atoms with Gasteiger partial charge in [0.25, 0.3) is 0 Å². The number of carbonyl (C=O) groups excluding carboxylic acids is 2. The molecule has 0 radical (unpaired) electrons. The normalized spacial score (nSPS) is 10.0. The number of rotatable bonds is 7. The van der Waals surface area contributed by atoms with E-state index in [-0.39, 0.29) is 30.3 Å². The van der Waals surface area contributed by atoms with E-state index in [0.717, 1.165) is 0 Å². The fourth-order valence-corrected chi connectivity index (χ4v) is 1.96. The second-order valence-electron chi connectivity index (χ2n) is 5.14. The van der Waals surface area contributed by atoms with E-state index < -0.39 is 5.97 Å². The molecule has 0 aliphatic rings. The SMILES string of the molecule is C=C(C)C(=O)OCCOc1ccc(C(=O)c2ccccc2)c(O)c1. The maximum Gasteiger partial charge on any atom is 0.333 e. The Morgan fingerprint density at radius 1 is 1.08 bits per heavy atom. The van der Waals surface area contributed by atoms with Crippen molar-refractivity contribution in [3.63, 3.8) is 0 Å². The molecule has 0 aliphatic carbocycles. The van der Waals surface area contributed by atoms with Gasteiger partial charge in [-0.3, -0.25) is 4.79 Å². The van der Waals surface area contributed by atoms with Crippen LogP contribution >= 0.6 is 0 Å². The zero-order valence-electron chi connectivity index (χ0n) is 13.3. The van der Waals surface area contributed by atoms with Gasteiger partial charge in [0.1, 0.15) is 24.7 Å². The lowest BCUT2D eigenvalue weighted by Crippen LogP contribution is -2.12. The Morgan fingerprint density at radius 3 is 2.42 bits per heavy atom. The average molecular weight is 326 g/mol. The topological polar surface area (TPSA) is 72.8 Å². The van der Waals surface area contributed by atoms with E-state index in [0.29, 0.717) is 16.9 Å². The van der Waals surface area contributed by atoms with Crippen molar-refractivity contribution in [3.8, 4) is 11.5 Å². The zero-order chi connectivity index (χ0) is 17.5. The van der Waals surface area contributed by atoms with Crippen molar-refractivity contribution in [3.05, 3.63) is 71.8 Å². The molecule has 2 aromatic carbocycles. The lowest BCUT2D eigenvalue weighted by atomic mass is 10.0. The third kappa shape index (κ3) is 4.46. The first kappa shape index (κ1) is 17.3. The van der Waals surface area contributed by atoms with E-state index in [1.807, 2.05) is 6.07 Å². The summed E-state index contributed by atoms with van der Waals surface area (Å²) in [7, 11) is 0. The summed E-state index contributed by atoms with van der Waals surface area (Å²) in [6.45, 7) is 5.23. The summed E-state index contributed by atoms with van der Waals surface area (Å²) in [5.74, 6) is -0.538. The van der Waals surface area contributed by atoms with Crippen LogP contribution in [0.3, 0.4) is 0 Å². The quantitative estimate of drug-likeness (QED) is 0.366. The van der Waals surface area contributed by atoms with Gasteiger partial charge in [0, 0.05) is 17.2 Å². The number of phenols is 1. The lowest BCUT2D eigenvalue weighted by Gasteiger charge is -2.09. The molecule has 0 aromatic heterocycles. The fourth-order valence-electron chi connectivity index (χ4n) is 1.96. The van der Waals surface area contributed by atoms with Crippen LogP contribution in [0.2, 0.25) is 0 Å². The van der Waals surface area contributed by atoms with Gasteiger partial charge in [-0.05, 0) is 19.1 Å². The maximum atomic E-state index is 12.3. The second kappa shape index (κ2) is 7.97. The minimum Gasteiger partial charge on any atom is -0.507 e. The molecule has 0 heterocycles. The molecule has 5 nitrogen and oxygen atoms in total. The first-order valence-corrected chi connectivity index (χ1v) is 7.37. The molecule has 24 heavy (non-hydrogen) atoms. The van der Waals surface area contributed by atoms with Crippen molar-refractivity contribution in [2.24, 2.45) is 0 Å². The van der Waals surface area contributed by atoms with Gasteiger partial charge in [-0.1, -0.05) is 36.9 Å². The molecule has 2 rings (SSSR count). The fraction of sp³-hybridized carbons (Fsp3) is 0.158. The molecular formula is C19H18O5. The van der Waals surface area contributed by atoms with Crippen LogP contribution in [-0.2, 0) is 9.53 Å². The van der Waals surface area contributed by atoms with Gasteiger partial charge < -0.3 is 14.6 Å². The molecule has 0 aliphatic heterocycles. The minimum absolute atomic E-state index is 0.0666. The van der Waals surface area contributed by atoms with Gasteiger partial charge in [-0.25, -0.2) is 4.79 Å². The van der Waals surface area contributed by atoms with E-state index >= 15 is 0 Å². The third-order valence-electron chi connectivity index (χ3n) is 3.18. The van der Waals surface area contributed by atoms with Crippen molar-refractivity contribution in [2.75, 3.05) is 13.2 Å². The smallest absolute Gasteiger partial charge is 0.333 e. The van der Waals surface area contributed by atoms with Crippen molar-refractivity contribution < 1.29 is 24.2 Å². The average Bonchev–Trinajstić information content (AvgIpc) is 2.58. The molecule has 2 aromatic rings. The van der Waals surface area contributed by atoms with Gasteiger partial charge in [-0.2, -0.15) is 0 Å². The summed E-state index contributed by atoms with van der Waals surface area (Å²) < 4.78 is 10.3. The van der Waals surface area contributed by atoms with Crippen molar-refractivity contribution in [1.29, 1.82) is 0 Å². The Bertz CT molecular complexity index is 750. The van der Waals surface area contributed by atoms with Crippen LogP contribution in [0.25, 0.3) is 0 Å². The number of carbonyl (C=O) groups is 2. The third-order valence-corrected chi connectivity index (χ3v) is 3.18. The minimum atomic E-state index is -0.481. The van der Waals surface area contributed by atoms with Crippen LogP contribution in [0.1, 0.15) is 22.8 Å². The Labute approximate surface area is 140 Å². The predicted molar refractivity (Wildman–Crippen MR) is 89.2 cm³/mol.